The molecule has 2 heterocycles. The zero-order valence-electron chi connectivity index (χ0n) is 19.7. The number of benzene rings is 2. The molecule has 1 saturated heterocycles. The highest BCUT2D eigenvalue weighted by Gasteiger charge is 2.35. The number of amides is 1. The van der Waals surface area contributed by atoms with Crippen molar-refractivity contribution in [3.63, 3.8) is 0 Å². The van der Waals surface area contributed by atoms with Crippen LogP contribution in [-0.2, 0) is 0 Å². The van der Waals surface area contributed by atoms with Crippen LogP contribution in [0.25, 0.3) is 11.1 Å². The van der Waals surface area contributed by atoms with Gasteiger partial charge in [0, 0.05) is 42.0 Å². The zero-order valence-corrected chi connectivity index (χ0v) is 19.7. The Morgan fingerprint density at radius 1 is 1.00 bits per heavy atom. The van der Waals surface area contributed by atoms with Crippen molar-refractivity contribution in [3.8, 4) is 17.2 Å². The number of nitrogens with zero attached hydrogens (tertiary/aromatic N) is 4. The molecule has 2 aromatic carbocycles. The fourth-order valence-electron chi connectivity index (χ4n) is 4.66. The van der Waals surface area contributed by atoms with Crippen molar-refractivity contribution in [3.05, 3.63) is 83.6 Å². The van der Waals surface area contributed by atoms with Crippen LogP contribution < -0.4 is 4.90 Å². The van der Waals surface area contributed by atoms with Gasteiger partial charge in [0.1, 0.15) is 17.5 Å². The molecule has 0 aliphatic carbocycles. The van der Waals surface area contributed by atoms with Crippen LogP contribution in [0, 0.1) is 11.3 Å². The third-order valence-electron chi connectivity index (χ3n) is 6.28. The highest BCUT2D eigenvalue weighted by atomic mass is 16.2. The number of nitriles is 1. The Bertz CT molecular complexity index is 1160. The van der Waals surface area contributed by atoms with Crippen molar-refractivity contribution in [2.75, 3.05) is 18.0 Å². The average Bonchev–Trinajstić information content (AvgIpc) is 2.83. The lowest BCUT2D eigenvalue weighted by Gasteiger charge is -2.45. The number of rotatable bonds is 4. The predicted molar refractivity (Wildman–Crippen MR) is 132 cm³/mol. The number of anilines is 1. The van der Waals surface area contributed by atoms with Crippen molar-refractivity contribution in [2.45, 2.75) is 45.7 Å². The maximum absolute atomic E-state index is 13.2. The van der Waals surface area contributed by atoms with E-state index in [-0.39, 0.29) is 23.9 Å². The van der Waals surface area contributed by atoms with E-state index < -0.39 is 0 Å². The minimum atomic E-state index is -0.0160. The first-order valence-corrected chi connectivity index (χ1v) is 11.5. The standard InChI is InChI=1S/C28H30N4O/c1-19(2)26-15-24(22-11-7-5-8-12-22)25(16-29)27(30-26)31-17-20(3)32(21(4)18-31)28(33)23-13-9-6-10-14-23/h5-15,19-21H,17-18H2,1-4H3/t20-,21+. The SMILES string of the molecule is CC(C)c1cc(-c2ccccc2)c(C#N)c(N2C[C@@H](C)N(C(=O)c3ccccc3)[C@@H](C)C2)n1. The van der Waals surface area contributed by atoms with Crippen LogP contribution in [0.15, 0.2) is 66.7 Å². The maximum atomic E-state index is 13.2. The summed E-state index contributed by atoms with van der Waals surface area (Å²) in [5.74, 6) is 0.993. The summed E-state index contributed by atoms with van der Waals surface area (Å²) in [4.78, 5) is 22.3. The summed E-state index contributed by atoms with van der Waals surface area (Å²) < 4.78 is 0. The predicted octanol–water partition coefficient (Wildman–Crippen LogP) is 5.48. The van der Waals surface area contributed by atoms with Crippen molar-refractivity contribution >= 4 is 11.7 Å². The van der Waals surface area contributed by atoms with Gasteiger partial charge < -0.3 is 9.80 Å². The van der Waals surface area contributed by atoms with Crippen molar-refractivity contribution in [2.24, 2.45) is 0 Å². The fraction of sp³-hybridized carbons (Fsp3) is 0.321. The first-order valence-electron chi connectivity index (χ1n) is 11.5. The van der Waals surface area contributed by atoms with Gasteiger partial charge >= 0.3 is 0 Å². The lowest BCUT2D eigenvalue weighted by Crippen LogP contribution is -2.59. The van der Waals surface area contributed by atoms with Crippen molar-refractivity contribution in [1.82, 2.24) is 9.88 Å². The smallest absolute Gasteiger partial charge is 0.254 e. The molecule has 4 rings (SSSR count). The van der Waals surface area contributed by atoms with Crippen LogP contribution in [-0.4, -0.2) is 41.0 Å². The fourth-order valence-corrected chi connectivity index (χ4v) is 4.66. The van der Waals surface area contributed by atoms with E-state index >= 15 is 0 Å². The third-order valence-corrected chi connectivity index (χ3v) is 6.28. The van der Waals surface area contributed by atoms with Crippen LogP contribution >= 0.6 is 0 Å². The first kappa shape index (κ1) is 22.5. The first-order chi connectivity index (χ1) is 15.9. The summed E-state index contributed by atoms with van der Waals surface area (Å²) in [5.41, 5.74) is 4.18. The lowest BCUT2D eigenvalue weighted by atomic mass is 9.96. The second-order valence-corrected chi connectivity index (χ2v) is 9.11. The Morgan fingerprint density at radius 3 is 2.12 bits per heavy atom. The minimum absolute atomic E-state index is 0.0160. The quantitative estimate of drug-likeness (QED) is 0.541. The van der Waals surface area contributed by atoms with E-state index in [0.29, 0.717) is 30.0 Å². The number of hydrogen-bond acceptors (Lipinski definition) is 4. The van der Waals surface area contributed by atoms with Gasteiger partial charge in [0.05, 0.1) is 0 Å². The average molecular weight is 439 g/mol. The van der Waals surface area contributed by atoms with E-state index in [2.05, 4.69) is 38.7 Å². The molecule has 1 aliphatic heterocycles. The van der Waals surface area contributed by atoms with E-state index in [1.165, 1.54) is 0 Å². The Kier molecular flexibility index (Phi) is 6.46. The largest absolute Gasteiger partial charge is 0.351 e. The zero-order chi connectivity index (χ0) is 23.5. The second-order valence-electron chi connectivity index (χ2n) is 9.11. The molecule has 1 aromatic heterocycles. The summed E-state index contributed by atoms with van der Waals surface area (Å²) in [6.07, 6.45) is 0. The van der Waals surface area contributed by atoms with E-state index in [1.807, 2.05) is 71.6 Å². The number of hydrogen-bond donors (Lipinski definition) is 0. The molecule has 1 aliphatic rings. The van der Waals surface area contributed by atoms with E-state index in [9.17, 15) is 10.1 Å². The van der Waals surface area contributed by atoms with Crippen molar-refractivity contribution < 1.29 is 4.79 Å². The van der Waals surface area contributed by atoms with E-state index in [0.717, 1.165) is 16.8 Å². The molecule has 0 unspecified atom stereocenters. The van der Waals surface area contributed by atoms with Gasteiger partial charge in [-0.25, -0.2) is 4.98 Å². The molecule has 0 radical (unpaired) electrons. The van der Waals surface area contributed by atoms with Gasteiger partial charge in [0.15, 0.2) is 0 Å². The molecule has 5 nitrogen and oxygen atoms in total. The Balaban J connectivity index is 1.72. The van der Waals surface area contributed by atoms with Gasteiger partial charge in [0.2, 0.25) is 0 Å². The van der Waals surface area contributed by atoms with Crippen LogP contribution in [0.5, 0.6) is 0 Å². The molecule has 168 valence electrons. The van der Waals surface area contributed by atoms with Crippen LogP contribution in [0.1, 0.15) is 55.2 Å². The van der Waals surface area contributed by atoms with Crippen molar-refractivity contribution in [1.29, 1.82) is 5.26 Å². The molecular weight excluding hydrogens is 408 g/mol. The highest BCUT2D eigenvalue weighted by Crippen LogP contribution is 2.34. The molecule has 3 aromatic rings. The normalized spacial score (nSPS) is 18.3. The molecule has 0 N–H and O–H groups in total. The lowest BCUT2D eigenvalue weighted by molar-refractivity contribution is 0.0574. The minimum Gasteiger partial charge on any atom is -0.351 e. The number of pyridine rings is 1. The molecule has 1 amide bonds. The summed E-state index contributed by atoms with van der Waals surface area (Å²) in [6, 6.07) is 23.9. The summed E-state index contributed by atoms with van der Waals surface area (Å²) in [7, 11) is 0. The molecule has 1 fully saturated rings. The molecular formula is C28H30N4O. The molecule has 0 saturated carbocycles. The number of aromatic nitrogens is 1. The highest BCUT2D eigenvalue weighted by molar-refractivity contribution is 5.94. The number of carbonyl (C=O) groups excluding carboxylic acids is 1. The molecule has 0 bridgehead atoms. The number of carbonyl (C=O) groups is 1. The summed E-state index contributed by atoms with van der Waals surface area (Å²) >= 11 is 0. The van der Waals surface area contributed by atoms with Gasteiger partial charge in [-0.15, -0.1) is 0 Å². The Hall–Kier alpha value is -3.65. The van der Waals surface area contributed by atoms with Gasteiger partial charge in [-0.2, -0.15) is 5.26 Å². The van der Waals surface area contributed by atoms with Gasteiger partial charge in [-0.05, 0) is 43.5 Å². The Labute approximate surface area is 196 Å². The number of piperazine rings is 1. The second kappa shape index (κ2) is 9.46. The van der Waals surface area contributed by atoms with Gasteiger partial charge in [-0.1, -0.05) is 62.4 Å². The monoisotopic (exact) mass is 438 g/mol. The summed E-state index contributed by atoms with van der Waals surface area (Å²) in [5, 5.41) is 10.2. The van der Waals surface area contributed by atoms with E-state index in [4.69, 9.17) is 4.98 Å². The van der Waals surface area contributed by atoms with Crippen LogP contribution in [0.2, 0.25) is 0 Å². The Morgan fingerprint density at radius 2 is 1.58 bits per heavy atom. The summed E-state index contributed by atoms with van der Waals surface area (Å²) in [6.45, 7) is 9.63. The molecule has 2 atom stereocenters. The van der Waals surface area contributed by atoms with Crippen LogP contribution in [0.3, 0.4) is 0 Å². The molecule has 0 spiro atoms. The van der Waals surface area contributed by atoms with E-state index in [1.54, 1.807) is 0 Å². The van der Waals surface area contributed by atoms with Crippen LogP contribution in [0.4, 0.5) is 5.82 Å². The van der Waals surface area contributed by atoms with Gasteiger partial charge in [-0.3, -0.25) is 4.79 Å². The maximum Gasteiger partial charge on any atom is 0.254 e. The molecule has 33 heavy (non-hydrogen) atoms. The van der Waals surface area contributed by atoms with Gasteiger partial charge in [0.25, 0.3) is 5.91 Å². The molecule has 5 heteroatoms. The topological polar surface area (TPSA) is 60.2 Å². The third kappa shape index (κ3) is 4.47.